The van der Waals surface area contributed by atoms with Gasteiger partial charge in [-0.15, -0.1) is 0 Å². The molecule has 5 nitrogen and oxygen atoms in total. The zero-order chi connectivity index (χ0) is 21.4. The Hall–Kier alpha value is -1.36. The fraction of sp³-hybridized carbons (Fsp3) is 0.833. The minimum Gasteiger partial charge on any atom is -0.463 e. The molecule has 29 heavy (non-hydrogen) atoms. The van der Waals surface area contributed by atoms with E-state index in [0.29, 0.717) is 6.61 Å². The van der Waals surface area contributed by atoms with Gasteiger partial charge in [-0.25, -0.2) is 9.59 Å². The third-order valence-corrected chi connectivity index (χ3v) is 4.93. The van der Waals surface area contributed by atoms with Gasteiger partial charge < -0.3 is 14.6 Å². The Kier molecular flexibility index (Phi) is 21.8. The van der Waals surface area contributed by atoms with Gasteiger partial charge in [0.1, 0.15) is 6.61 Å². The largest absolute Gasteiger partial charge is 0.463 e. The van der Waals surface area contributed by atoms with Crippen LogP contribution in [0.1, 0.15) is 110 Å². The molecule has 0 unspecified atom stereocenters. The topological polar surface area (TPSA) is 72.8 Å². The van der Waals surface area contributed by atoms with Crippen molar-refractivity contribution in [3.63, 3.8) is 0 Å². The maximum atomic E-state index is 11.4. The summed E-state index contributed by atoms with van der Waals surface area (Å²) in [5.74, 6) is -1.19. The summed E-state index contributed by atoms with van der Waals surface area (Å²) in [7, 11) is 0. The van der Waals surface area contributed by atoms with Crippen molar-refractivity contribution in [3.8, 4) is 0 Å². The first-order valence-electron chi connectivity index (χ1n) is 11.8. The zero-order valence-corrected chi connectivity index (χ0v) is 18.7. The van der Waals surface area contributed by atoms with Gasteiger partial charge in [0.25, 0.3) is 0 Å². The maximum absolute atomic E-state index is 11.4. The highest BCUT2D eigenvalue weighted by Crippen LogP contribution is 2.13. The monoisotopic (exact) mass is 412 g/mol. The second-order valence-corrected chi connectivity index (χ2v) is 7.70. The van der Waals surface area contributed by atoms with Gasteiger partial charge in [0.05, 0.1) is 13.2 Å². The lowest BCUT2D eigenvalue weighted by molar-refractivity contribution is -0.141. The van der Waals surface area contributed by atoms with Crippen LogP contribution in [-0.4, -0.2) is 36.9 Å². The van der Waals surface area contributed by atoms with E-state index in [2.05, 4.69) is 11.7 Å². The Labute approximate surface area is 178 Å². The number of aliphatic hydroxyl groups is 1. The summed E-state index contributed by atoms with van der Waals surface area (Å²) >= 11 is 0. The van der Waals surface area contributed by atoms with E-state index in [1.165, 1.54) is 89.9 Å². The Bertz CT molecular complexity index is 406. The Balaban J connectivity index is 3.24. The molecular formula is C24H44O5. The highest BCUT2D eigenvalue weighted by molar-refractivity contribution is 5.91. The molecule has 170 valence electrons. The van der Waals surface area contributed by atoms with E-state index in [1.54, 1.807) is 0 Å². The molecule has 1 N–H and O–H groups in total. The summed E-state index contributed by atoms with van der Waals surface area (Å²) in [6.45, 7) is 2.34. The Morgan fingerprint density at radius 1 is 0.586 bits per heavy atom. The first-order valence-corrected chi connectivity index (χ1v) is 11.8. The number of carbonyl (C=O) groups is 2. The van der Waals surface area contributed by atoms with Crippen molar-refractivity contribution in [1.82, 2.24) is 0 Å². The van der Waals surface area contributed by atoms with E-state index in [9.17, 15) is 9.59 Å². The quantitative estimate of drug-likeness (QED) is 0.145. The highest BCUT2D eigenvalue weighted by atomic mass is 16.5. The summed E-state index contributed by atoms with van der Waals surface area (Å²) in [5, 5.41) is 8.51. The number of carbonyl (C=O) groups excluding carboxylic acids is 2. The Morgan fingerprint density at radius 3 is 1.31 bits per heavy atom. The van der Waals surface area contributed by atoms with Gasteiger partial charge in [0, 0.05) is 12.2 Å². The smallest absolute Gasteiger partial charge is 0.331 e. The predicted octanol–water partition coefficient (Wildman–Crippen LogP) is 5.88. The van der Waals surface area contributed by atoms with Crippen LogP contribution < -0.4 is 0 Å². The molecule has 0 spiro atoms. The van der Waals surface area contributed by atoms with Crippen LogP contribution in [0.15, 0.2) is 12.2 Å². The van der Waals surface area contributed by atoms with Gasteiger partial charge in [-0.1, -0.05) is 103 Å². The summed E-state index contributed by atoms with van der Waals surface area (Å²) in [4.78, 5) is 22.5. The third-order valence-electron chi connectivity index (χ3n) is 4.93. The van der Waals surface area contributed by atoms with E-state index < -0.39 is 11.9 Å². The Morgan fingerprint density at radius 2 is 0.931 bits per heavy atom. The zero-order valence-electron chi connectivity index (χ0n) is 18.7. The molecule has 0 aliphatic heterocycles. The number of hydrogen-bond donors (Lipinski definition) is 1. The van der Waals surface area contributed by atoms with Crippen molar-refractivity contribution in [2.45, 2.75) is 110 Å². The molecule has 0 rings (SSSR count). The van der Waals surface area contributed by atoms with Gasteiger partial charge in [-0.05, 0) is 6.42 Å². The van der Waals surface area contributed by atoms with E-state index in [1.807, 2.05) is 0 Å². The third kappa shape index (κ3) is 22.8. The summed E-state index contributed by atoms with van der Waals surface area (Å²) in [6.07, 6.45) is 23.0. The fourth-order valence-corrected chi connectivity index (χ4v) is 3.20. The first kappa shape index (κ1) is 27.6. The summed E-state index contributed by atoms with van der Waals surface area (Å²) < 4.78 is 9.63. The molecule has 0 aromatic rings. The molecule has 0 radical (unpaired) electrons. The van der Waals surface area contributed by atoms with Gasteiger partial charge in [-0.2, -0.15) is 0 Å². The van der Waals surface area contributed by atoms with Crippen LogP contribution in [0.2, 0.25) is 0 Å². The van der Waals surface area contributed by atoms with E-state index in [0.717, 1.165) is 25.0 Å². The molecule has 0 saturated carbocycles. The molecule has 0 amide bonds. The number of aliphatic hydroxyl groups excluding tert-OH is 1. The fourth-order valence-electron chi connectivity index (χ4n) is 3.20. The standard InChI is InChI=1S/C24H44O5/c1-2-3-4-5-6-7-8-9-10-11-12-13-14-15-16-17-21-28-23(26)18-19-24(27)29-22-20-25/h18-19,25H,2-17,20-22H2,1H3/b19-18-. The van der Waals surface area contributed by atoms with E-state index >= 15 is 0 Å². The normalized spacial score (nSPS) is 11.1. The number of esters is 2. The van der Waals surface area contributed by atoms with Crippen LogP contribution >= 0.6 is 0 Å². The predicted molar refractivity (Wildman–Crippen MR) is 118 cm³/mol. The summed E-state index contributed by atoms with van der Waals surface area (Å²) in [5.41, 5.74) is 0. The average molecular weight is 413 g/mol. The van der Waals surface area contributed by atoms with Gasteiger partial charge >= 0.3 is 11.9 Å². The van der Waals surface area contributed by atoms with Crippen molar-refractivity contribution in [1.29, 1.82) is 0 Å². The molecule has 0 aromatic heterocycles. The molecule has 0 aromatic carbocycles. The lowest BCUT2D eigenvalue weighted by Crippen LogP contribution is -2.07. The van der Waals surface area contributed by atoms with Crippen molar-refractivity contribution in [2.75, 3.05) is 19.8 Å². The summed E-state index contributed by atoms with van der Waals surface area (Å²) in [6, 6.07) is 0. The number of unbranched alkanes of at least 4 members (excludes halogenated alkanes) is 15. The molecule has 0 aliphatic rings. The minimum absolute atomic E-state index is 0.0720. The van der Waals surface area contributed by atoms with Gasteiger partial charge in [0.2, 0.25) is 0 Å². The minimum atomic E-state index is -0.654. The van der Waals surface area contributed by atoms with E-state index in [-0.39, 0.29) is 13.2 Å². The SMILES string of the molecule is CCCCCCCCCCCCCCCCCCOC(=O)/C=C\C(=O)OCCO. The van der Waals surface area contributed by atoms with Crippen LogP contribution in [0.25, 0.3) is 0 Å². The van der Waals surface area contributed by atoms with Gasteiger partial charge in [-0.3, -0.25) is 0 Å². The molecule has 0 aliphatic carbocycles. The van der Waals surface area contributed by atoms with Crippen LogP contribution in [0.4, 0.5) is 0 Å². The lowest BCUT2D eigenvalue weighted by atomic mass is 10.0. The number of ether oxygens (including phenoxy) is 2. The molecule has 0 heterocycles. The van der Waals surface area contributed by atoms with Gasteiger partial charge in [0.15, 0.2) is 0 Å². The van der Waals surface area contributed by atoms with Crippen LogP contribution in [-0.2, 0) is 19.1 Å². The van der Waals surface area contributed by atoms with Crippen LogP contribution in [0, 0.1) is 0 Å². The van der Waals surface area contributed by atoms with Crippen molar-refractivity contribution in [3.05, 3.63) is 12.2 Å². The molecule has 0 atom stereocenters. The molecular weight excluding hydrogens is 368 g/mol. The second kappa shape index (κ2) is 22.9. The first-order chi connectivity index (χ1) is 14.2. The van der Waals surface area contributed by atoms with E-state index in [4.69, 9.17) is 9.84 Å². The second-order valence-electron chi connectivity index (χ2n) is 7.70. The maximum Gasteiger partial charge on any atom is 0.331 e. The molecule has 5 heteroatoms. The number of rotatable bonds is 21. The van der Waals surface area contributed by atoms with Crippen molar-refractivity contribution >= 4 is 11.9 Å². The highest BCUT2D eigenvalue weighted by Gasteiger charge is 2.01. The molecule has 0 bridgehead atoms. The van der Waals surface area contributed by atoms with Crippen molar-refractivity contribution in [2.24, 2.45) is 0 Å². The molecule has 0 saturated heterocycles. The number of hydrogen-bond acceptors (Lipinski definition) is 5. The average Bonchev–Trinajstić information content (AvgIpc) is 2.72. The molecule has 0 fully saturated rings. The van der Waals surface area contributed by atoms with Crippen molar-refractivity contribution < 1.29 is 24.2 Å². The van der Waals surface area contributed by atoms with Crippen LogP contribution in [0.5, 0.6) is 0 Å². The van der Waals surface area contributed by atoms with Crippen LogP contribution in [0.3, 0.4) is 0 Å². The lowest BCUT2D eigenvalue weighted by Gasteiger charge is -2.04.